The predicted molar refractivity (Wildman–Crippen MR) is 94.9 cm³/mol. The van der Waals surface area contributed by atoms with Crippen LogP contribution in [0.25, 0.3) is 0 Å². The van der Waals surface area contributed by atoms with E-state index >= 15 is 0 Å². The van der Waals surface area contributed by atoms with Crippen LogP contribution in [0.15, 0.2) is 24.3 Å². The van der Waals surface area contributed by atoms with Crippen molar-refractivity contribution in [2.24, 2.45) is 5.92 Å². The Hall–Kier alpha value is -1.55. The highest BCUT2D eigenvalue weighted by Gasteiger charge is 2.29. The number of hydrogen-bond donors (Lipinski definition) is 0. The van der Waals surface area contributed by atoms with Crippen molar-refractivity contribution >= 4 is 23.4 Å². The van der Waals surface area contributed by atoms with Crippen LogP contribution in [0.2, 0.25) is 5.02 Å². The number of carbonyl (C=O) groups excluding carboxylic acids is 2. The van der Waals surface area contributed by atoms with Crippen LogP contribution >= 0.6 is 11.6 Å². The van der Waals surface area contributed by atoms with Crippen molar-refractivity contribution in [2.45, 2.75) is 38.5 Å². The van der Waals surface area contributed by atoms with Crippen LogP contribution in [-0.2, 0) is 16.0 Å². The molecule has 0 N–H and O–H groups in total. The Morgan fingerprint density at radius 3 is 2.25 bits per heavy atom. The van der Waals surface area contributed by atoms with E-state index in [9.17, 15) is 9.59 Å². The quantitative estimate of drug-likeness (QED) is 0.842. The van der Waals surface area contributed by atoms with Crippen LogP contribution in [-0.4, -0.2) is 47.8 Å². The molecule has 1 aliphatic heterocycles. The fraction of sp³-hybridized carbons (Fsp3) is 0.579. The van der Waals surface area contributed by atoms with E-state index in [4.69, 9.17) is 11.6 Å². The number of hydrogen-bond acceptors (Lipinski definition) is 2. The average Bonchev–Trinajstić information content (AvgIpc) is 3.00. The third-order valence-electron chi connectivity index (χ3n) is 5.13. The summed E-state index contributed by atoms with van der Waals surface area (Å²) in [6.45, 7) is 2.83. The minimum atomic E-state index is 0.132. The van der Waals surface area contributed by atoms with Crippen molar-refractivity contribution in [3.05, 3.63) is 34.9 Å². The average molecular weight is 349 g/mol. The fourth-order valence-corrected chi connectivity index (χ4v) is 3.83. The largest absolute Gasteiger partial charge is 0.341 e. The topological polar surface area (TPSA) is 40.6 Å². The lowest BCUT2D eigenvalue weighted by atomic mass is 10.1. The Morgan fingerprint density at radius 1 is 0.917 bits per heavy atom. The van der Waals surface area contributed by atoms with Gasteiger partial charge in [0.1, 0.15) is 0 Å². The third kappa shape index (κ3) is 4.29. The van der Waals surface area contributed by atoms with Crippen molar-refractivity contribution < 1.29 is 9.59 Å². The molecule has 0 radical (unpaired) electrons. The molecule has 2 aliphatic rings. The van der Waals surface area contributed by atoms with Gasteiger partial charge < -0.3 is 9.80 Å². The van der Waals surface area contributed by atoms with Gasteiger partial charge in [-0.2, -0.15) is 0 Å². The van der Waals surface area contributed by atoms with Gasteiger partial charge in [-0.15, -0.1) is 0 Å². The van der Waals surface area contributed by atoms with Gasteiger partial charge in [-0.3, -0.25) is 9.59 Å². The van der Waals surface area contributed by atoms with Crippen LogP contribution in [0.3, 0.4) is 0 Å². The van der Waals surface area contributed by atoms with Gasteiger partial charge in [-0.25, -0.2) is 0 Å². The summed E-state index contributed by atoms with van der Waals surface area (Å²) in [5.41, 5.74) is 0.979. The SMILES string of the molecule is O=C(Cc1ccc(Cl)cc1)N1CCCN(C(=O)C2CCCC2)CC1. The van der Waals surface area contributed by atoms with Crippen LogP contribution in [0.5, 0.6) is 0 Å². The minimum Gasteiger partial charge on any atom is -0.341 e. The molecular formula is C19H25ClN2O2. The Morgan fingerprint density at radius 2 is 1.54 bits per heavy atom. The summed E-state index contributed by atoms with van der Waals surface area (Å²) in [6, 6.07) is 7.42. The second-order valence-corrected chi connectivity index (χ2v) is 7.28. The molecule has 2 fully saturated rings. The highest BCUT2D eigenvalue weighted by Crippen LogP contribution is 2.27. The summed E-state index contributed by atoms with van der Waals surface area (Å²) in [6.07, 6.45) is 5.69. The molecule has 1 aliphatic carbocycles. The summed E-state index contributed by atoms with van der Waals surface area (Å²) < 4.78 is 0. The van der Waals surface area contributed by atoms with Crippen molar-refractivity contribution in [3.63, 3.8) is 0 Å². The Bertz CT molecular complexity index is 582. The lowest BCUT2D eigenvalue weighted by Gasteiger charge is -2.24. The van der Waals surface area contributed by atoms with Gasteiger partial charge in [0.2, 0.25) is 11.8 Å². The van der Waals surface area contributed by atoms with Crippen molar-refractivity contribution in [1.82, 2.24) is 9.80 Å². The first-order chi connectivity index (χ1) is 11.6. The molecule has 1 saturated heterocycles. The van der Waals surface area contributed by atoms with Crippen LogP contribution < -0.4 is 0 Å². The molecule has 1 heterocycles. The van der Waals surface area contributed by atoms with E-state index in [1.165, 1.54) is 12.8 Å². The zero-order valence-corrected chi connectivity index (χ0v) is 14.8. The summed E-state index contributed by atoms with van der Waals surface area (Å²) in [7, 11) is 0. The van der Waals surface area contributed by atoms with Gasteiger partial charge in [0, 0.05) is 37.1 Å². The first kappa shape index (κ1) is 17.3. The predicted octanol–water partition coefficient (Wildman–Crippen LogP) is 3.13. The number of halogens is 1. The summed E-state index contributed by atoms with van der Waals surface area (Å²) >= 11 is 5.89. The number of nitrogens with zero attached hydrogens (tertiary/aromatic N) is 2. The number of benzene rings is 1. The molecule has 130 valence electrons. The molecule has 1 aromatic carbocycles. The fourth-order valence-electron chi connectivity index (χ4n) is 3.71. The second kappa shape index (κ2) is 8.02. The Balaban J connectivity index is 1.53. The molecule has 0 bridgehead atoms. The highest BCUT2D eigenvalue weighted by molar-refractivity contribution is 6.30. The van der Waals surface area contributed by atoms with Crippen LogP contribution in [0.1, 0.15) is 37.7 Å². The first-order valence-corrected chi connectivity index (χ1v) is 9.32. The van der Waals surface area contributed by atoms with Gasteiger partial charge >= 0.3 is 0 Å². The van der Waals surface area contributed by atoms with Crippen molar-refractivity contribution in [3.8, 4) is 0 Å². The summed E-state index contributed by atoms with van der Waals surface area (Å²) in [4.78, 5) is 29.0. The van der Waals surface area contributed by atoms with Crippen LogP contribution in [0.4, 0.5) is 0 Å². The maximum atomic E-state index is 12.6. The molecule has 5 heteroatoms. The lowest BCUT2D eigenvalue weighted by Crippen LogP contribution is -2.39. The minimum absolute atomic E-state index is 0.132. The molecule has 4 nitrogen and oxygen atoms in total. The normalized spacial score (nSPS) is 19.4. The number of carbonyl (C=O) groups is 2. The number of rotatable bonds is 3. The van der Waals surface area contributed by atoms with E-state index in [1.54, 1.807) is 0 Å². The standard InChI is InChI=1S/C19H25ClN2O2/c20-17-8-6-15(7-9-17)14-18(23)21-10-3-11-22(13-12-21)19(24)16-4-1-2-5-16/h6-9,16H,1-5,10-14H2. The first-order valence-electron chi connectivity index (χ1n) is 8.94. The molecule has 0 atom stereocenters. The monoisotopic (exact) mass is 348 g/mol. The zero-order chi connectivity index (χ0) is 16.9. The molecule has 2 amide bonds. The van der Waals surface area contributed by atoms with Crippen molar-refractivity contribution in [1.29, 1.82) is 0 Å². The molecule has 24 heavy (non-hydrogen) atoms. The molecule has 0 aromatic heterocycles. The Labute approximate surface area is 148 Å². The molecule has 0 spiro atoms. The summed E-state index contributed by atoms with van der Waals surface area (Å²) in [5.74, 6) is 0.660. The van der Waals surface area contributed by atoms with Gasteiger partial charge in [0.15, 0.2) is 0 Å². The van der Waals surface area contributed by atoms with E-state index in [0.717, 1.165) is 37.9 Å². The van der Waals surface area contributed by atoms with E-state index in [-0.39, 0.29) is 11.8 Å². The van der Waals surface area contributed by atoms with E-state index in [0.29, 0.717) is 30.4 Å². The second-order valence-electron chi connectivity index (χ2n) is 6.84. The lowest BCUT2D eigenvalue weighted by molar-refractivity contribution is -0.136. The maximum absolute atomic E-state index is 12.6. The van der Waals surface area contributed by atoms with E-state index in [1.807, 2.05) is 34.1 Å². The van der Waals surface area contributed by atoms with E-state index in [2.05, 4.69) is 0 Å². The molecule has 0 unspecified atom stereocenters. The third-order valence-corrected chi connectivity index (χ3v) is 5.39. The molecule has 3 rings (SSSR count). The van der Waals surface area contributed by atoms with Crippen molar-refractivity contribution in [2.75, 3.05) is 26.2 Å². The maximum Gasteiger partial charge on any atom is 0.227 e. The van der Waals surface area contributed by atoms with Gasteiger partial charge in [-0.05, 0) is 37.0 Å². The Kier molecular flexibility index (Phi) is 5.77. The van der Waals surface area contributed by atoms with Gasteiger partial charge in [0.25, 0.3) is 0 Å². The number of amides is 2. The highest BCUT2D eigenvalue weighted by atomic mass is 35.5. The van der Waals surface area contributed by atoms with E-state index < -0.39 is 0 Å². The zero-order valence-electron chi connectivity index (χ0n) is 14.0. The molecular weight excluding hydrogens is 324 g/mol. The van der Waals surface area contributed by atoms with Crippen LogP contribution in [0, 0.1) is 5.92 Å². The molecule has 1 aromatic rings. The summed E-state index contributed by atoms with van der Waals surface area (Å²) in [5, 5.41) is 0.682. The van der Waals surface area contributed by atoms with Gasteiger partial charge in [0.05, 0.1) is 6.42 Å². The molecule has 1 saturated carbocycles. The smallest absolute Gasteiger partial charge is 0.227 e. The van der Waals surface area contributed by atoms with Gasteiger partial charge in [-0.1, -0.05) is 36.6 Å².